The van der Waals surface area contributed by atoms with Crippen LogP contribution in [0.3, 0.4) is 0 Å². The summed E-state index contributed by atoms with van der Waals surface area (Å²) in [6.07, 6.45) is 5.20. The largest absolute Gasteiger partial charge is 0.292 e. The van der Waals surface area contributed by atoms with Crippen molar-refractivity contribution in [3.63, 3.8) is 0 Å². The Labute approximate surface area is 324 Å². The minimum Gasteiger partial charge on any atom is -0.292 e. The van der Waals surface area contributed by atoms with Gasteiger partial charge in [0.2, 0.25) is 0 Å². The minimum absolute atomic E-state index is 0.625. The summed E-state index contributed by atoms with van der Waals surface area (Å²) in [7, 11) is 0. The van der Waals surface area contributed by atoms with Gasteiger partial charge < -0.3 is 0 Å². The molecule has 0 amide bonds. The van der Waals surface area contributed by atoms with E-state index in [1.807, 2.05) is 24.4 Å². The van der Waals surface area contributed by atoms with Crippen LogP contribution in [0.2, 0.25) is 0 Å². The molecule has 0 fully saturated rings. The molecule has 0 spiro atoms. The summed E-state index contributed by atoms with van der Waals surface area (Å²) in [5, 5.41) is 12.3. The summed E-state index contributed by atoms with van der Waals surface area (Å²) >= 11 is 0. The molecule has 0 aliphatic carbocycles. The molecule has 56 heavy (non-hydrogen) atoms. The molecule has 0 atom stereocenters. The van der Waals surface area contributed by atoms with Gasteiger partial charge in [-0.25, -0.2) is 15.0 Å². The zero-order valence-corrected chi connectivity index (χ0v) is 30.5. The van der Waals surface area contributed by atoms with Gasteiger partial charge in [0.25, 0.3) is 0 Å². The molecule has 0 saturated carbocycles. The van der Waals surface area contributed by atoms with Crippen molar-refractivity contribution in [2.45, 2.75) is 6.42 Å². The number of dihydropyridines is 1. The Kier molecular flexibility index (Phi) is 7.59. The molecule has 0 saturated heterocycles. The van der Waals surface area contributed by atoms with Crippen LogP contribution in [0.5, 0.6) is 0 Å². The van der Waals surface area contributed by atoms with Crippen LogP contribution in [-0.4, -0.2) is 27.7 Å². The lowest BCUT2D eigenvalue weighted by Crippen LogP contribution is -2.01. The first kappa shape index (κ1) is 32.2. The normalized spacial score (nSPS) is 12.9. The molecule has 1 aromatic heterocycles. The summed E-state index contributed by atoms with van der Waals surface area (Å²) in [5.74, 6) is 1.90. The Balaban J connectivity index is 1.20. The van der Waals surface area contributed by atoms with E-state index < -0.39 is 0 Å². The van der Waals surface area contributed by atoms with Crippen molar-refractivity contribution in [1.29, 1.82) is 0 Å². The Bertz CT molecular complexity index is 3250. The molecule has 9 aromatic carbocycles. The van der Waals surface area contributed by atoms with Crippen molar-refractivity contribution in [2.75, 3.05) is 6.54 Å². The van der Waals surface area contributed by atoms with Crippen molar-refractivity contribution >= 4 is 65.6 Å². The topological polar surface area (TPSA) is 51.0 Å². The second-order valence-corrected chi connectivity index (χ2v) is 14.5. The highest BCUT2D eigenvalue weighted by Crippen LogP contribution is 2.44. The molecule has 1 aliphatic rings. The zero-order chi connectivity index (χ0) is 37.0. The number of hydrogen-bond acceptors (Lipinski definition) is 4. The highest BCUT2D eigenvalue weighted by atomic mass is 15.0. The number of aromatic nitrogens is 3. The third-order valence-corrected chi connectivity index (χ3v) is 11.1. The number of nitrogens with zero attached hydrogens (tertiary/aromatic N) is 4. The third-order valence-electron chi connectivity index (χ3n) is 11.1. The lowest BCUT2D eigenvalue weighted by Gasteiger charge is -2.18. The van der Waals surface area contributed by atoms with Crippen molar-refractivity contribution in [3.05, 3.63) is 181 Å². The van der Waals surface area contributed by atoms with Gasteiger partial charge in [-0.3, -0.25) is 4.99 Å². The van der Waals surface area contributed by atoms with E-state index in [9.17, 15) is 0 Å². The molecule has 4 heteroatoms. The fourth-order valence-corrected chi connectivity index (χ4v) is 8.47. The molecule has 0 bridgehead atoms. The summed E-state index contributed by atoms with van der Waals surface area (Å²) in [6, 6.07) is 60.7. The molecule has 0 radical (unpaired) electrons. The van der Waals surface area contributed by atoms with Gasteiger partial charge in [-0.1, -0.05) is 146 Å². The SMILES string of the molecule is C1=NCCC=C1c1cc(-c2nc(-c3ccccc3)nc(-c3ccc4ccccc4c3)n2)cc(-c2cc3c4ccccc4c4ccccc4c3c3ccccc23)c1. The van der Waals surface area contributed by atoms with Gasteiger partial charge >= 0.3 is 0 Å². The van der Waals surface area contributed by atoms with E-state index in [0.29, 0.717) is 17.5 Å². The third kappa shape index (κ3) is 5.46. The van der Waals surface area contributed by atoms with Gasteiger partial charge in [-0.05, 0) is 113 Å². The monoisotopic (exact) mass is 714 g/mol. The van der Waals surface area contributed by atoms with Crippen LogP contribution in [0, 0.1) is 0 Å². The van der Waals surface area contributed by atoms with Crippen molar-refractivity contribution in [2.24, 2.45) is 4.99 Å². The Morgan fingerprint density at radius 2 is 0.911 bits per heavy atom. The predicted molar refractivity (Wildman–Crippen MR) is 235 cm³/mol. The van der Waals surface area contributed by atoms with E-state index in [1.165, 1.54) is 48.5 Å². The molecule has 11 rings (SSSR count). The summed E-state index contributed by atoms with van der Waals surface area (Å²) < 4.78 is 0. The van der Waals surface area contributed by atoms with Gasteiger partial charge in [0.1, 0.15) is 0 Å². The first-order valence-corrected chi connectivity index (χ1v) is 19.2. The van der Waals surface area contributed by atoms with Crippen LogP contribution < -0.4 is 0 Å². The van der Waals surface area contributed by atoms with Crippen molar-refractivity contribution < 1.29 is 0 Å². The van der Waals surface area contributed by atoms with E-state index in [1.54, 1.807) is 0 Å². The first-order valence-electron chi connectivity index (χ1n) is 19.2. The van der Waals surface area contributed by atoms with Crippen LogP contribution in [0.1, 0.15) is 12.0 Å². The van der Waals surface area contributed by atoms with E-state index >= 15 is 0 Å². The van der Waals surface area contributed by atoms with Crippen LogP contribution in [-0.2, 0) is 0 Å². The molecule has 4 nitrogen and oxygen atoms in total. The summed E-state index contributed by atoms with van der Waals surface area (Å²) in [5.41, 5.74) is 7.26. The van der Waals surface area contributed by atoms with Crippen LogP contribution in [0.4, 0.5) is 0 Å². The number of rotatable bonds is 5. The molecule has 2 heterocycles. The van der Waals surface area contributed by atoms with Gasteiger partial charge in [0, 0.05) is 29.4 Å². The quantitative estimate of drug-likeness (QED) is 0.167. The average molecular weight is 715 g/mol. The Hall–Kier alpha value is -7.30. The number of allylic oxidation sites excluding steroid dienone is 1. The van der Waals surface area contributed by atoms with Crippen LogP contribution in [0.15, 0.2) is 181 Å². The lowest BCUT2D eigenvalue weighted by atomic mass is 9.86. The molecule has 1 aliphatic heterocycles. The maximum atomic E-state index is 5.24. The van der Waals surface area contributed by atoms with Crippen LogP contribution in [0.25, 0.3) is 105 Å². The molecular weight excluding hydrogens is 681 g/mol. The standard InChI is InChI=1S/C52H34N4/c1-2-14-34(15-3-1)50-54-51(36-25-24-33-13-4-5-16-35(33)27-36)56-52(55-50)40-29-38(37-17-12-26-53-32-37)28-39(30-40)47-31-48-43-20-7-6-18-41(43)42-19-8-10-22-45(42)49(48)46-23-11-9-21-44(46)47/h1-11,13-25,27-32H,12,26H2. The zero-order valence-electron chi connectivity index (χ0n) is 30.5. The Morgan fingerprint density at radius 1 is 0.357 bits per heavy atom. The number of benzene rings is 9. The highest BCUT2D eigenvalue weighted by Gasteiger charge is 2.19. The molecule has 262 valence electrons. The predicted octanol–water partition coefficient (Wildman–Crippen LogP) is 13.2. The molecule has 0 unspecified atom stereocenters. The molecular formula is C52H34N4. The molecule has 10 aromatic rings. The van der Waals surface area contributed by atoms with E-state index in [0.717, 1.165) is 57.3 Å². The van der Waals surface area contributed by atoms with Crippen LogP contribution >= 0.6 is 0 Å². The van der Waals surface area contributed by atoms with Gasteiger partial charge in [-0.2, -0.15) is 0 Å². The smallest absolute Gasteiger partial charge is 0.164 e. The van der Waals surface area contributed by atoms with Gasteiger partial charge in [-0.15, -0.1) is 0 Å². The lowest BCUT2D eigenvalue weighted by molar-refractivity contribution is 1.01. The van der Waals surface area contributed by atoms with E-state index in [4.69, 9.17) is 19.9 Å². The fourth-order valence-electron chi connectivity index (χ4n) is 8.47. The second-order valence-electron chi connectivity index (χ2n) is 14.5. The maximum Gasteiger partial charge on any atom is 0.164 e. The van der Waals surface area contributed by atoms with Gasteiger partial charge in [0.15, 0.2) is 17.5 Å². The minimum atomic E-state index is 0.625. The molecule has 0 N–H and O–H groups in total. The number of aliphatic imine (C=N–C) groups is 1. The second kappa shape index (κ2) is 13.2. The summed E-state index contributed by atoms with van der Waals surface area (Å²) in [6.45, 7) is 0.801. The van der Waals surface area contributed by atoms with E-state index in [-0.39, 0.29) is 0 Å². The fraction of sp³-hybridized carbons (Fsp3) is 0.0385. The number of fused-ring (bicyclic) bond motifs is 9. The Morgan fingerprint density at radius 3 is 1.64 bits per heavy atom. The number of hydrogen-bond donors (Lipinski definition) is 0. The van der Waals surface area contributed by atoms with E-state index in [2.05, 4.69) is 158 Å². The van der Waals surface area contributed by atoms with Gasteiger partial charge in [0.05, 0.1) is 0 Å². The van der Waals surface area contributed by atoms with Crippen molar-refractivity contribution in [1.82, 2.24) is 15.0 Å². The first-order chi connectivity index (χ1) is 27.7. The van der Waals surface area contributed by atoms with Crippen molar-refractivity contribution in [3.8, 4) is 45.3 Å². The summed E-state index contributed by atoms with van der Waals surface area (Å²) in [4.78, 5) is 20.2. The average Bonchev–Trinajstić information content (AvgIpc) is 3.28. The maximum absolute atomic E-state index is 5.24. The highest BCUT2D eigenvalue weighted by molar-refractivity contribution is 6.33.